The largest absolute Gasteiger partial charge is 0.492 e. The number of imide groups is 1. The zero-order chi connectivity index (χ0) is 27.4. The highest BCUT2D eigenvalue weighted by Gasteiger charge is 2.35. The molecular formula is C24H15BrClN3O8S. The third-order valence-electron chi connectivity index (χ3n) is 5.10. The van der Waals surface area contributed by atoms with E-state index in [-0.39, 0.29) is 29.6 Å². The molecule has 0 aromatic heterocycles. The molecule has 0 saturated carbocycles. The highest BCUT2D eigenvalue weighted by molar-refractivity contribution is 9.10. The summed E-state index contributed by atoms with van der Waals surface area (Å²) in [5.74, 6) is -0.104. The number of nitro benzene ring substituents is 2. The third kappa shape index (κ3) is 6.30. The van der Waals surface area contributed by atoms with Crippen LogP contribution in [-0.2, 0) is 4.79 Å². The van der Waals surface area contributed by atoms with E-state index in [1.807, 2.05) is 0 Å². The van der Waals surface area contributed by atoms with Crippen LogP contribution in [0.25, 0.3) is 6.08 Å². The molecule has 0 N–H and O–H groups in total. The Labute approximate surface area is 232 Å². The molecule has 11 nitrogen and oxygen atoms in total. The molecule has 3 aromatic carbocycles. The molecule has 4 rings (SSSR count). The second kappa shape index (κ2) is 11.6. The van der Waals surface area contributed by atoms with E-state index in [4.69, 9.17) is 21.1 Å². The number of hydrogen-bond acceptors (Lipinski definition) is 9. The first-order valence-corrected chi connectivity index (χ1v) is 12.6. The Hall–Kier alpha value is -3.94. The Morgan fingerprint density at radius 1 is 0.974 bits per heavy atom. The number of benzene rings is 3. The summed E-state index contributed by atoms with van der Waals surface area (Å²) < 4.78 is 11.9. The Kier molecular flexibility index (Phi) is 8.29. The number of hydrogen-bond donors (Lipinski definition) is 0. The smallest absolute Gasteiger partial charge is 0.318 e. The molecule has 0 atom stereocenters. The molecule has 2 amide bonds. The Morgan fingerprint density at radius 3 is 2.37 bits per heavy atom. The van der Waals surface area contributed by atoms with Crippen molar-refractivity contribution in [2.75, 3.05) is 13.2 Å². The monoisotopic (exact) mass is 619 g/mol. The summed E-state index contributed by atoms with van der Waals surface area (Å²) >= 11 is 9.91. The van der Waals surface area contributed by atoms with Crippen LogP contribution >= 0.6 is 39.3 Å². The summed E-state index contributed by atoms with van der Waals surface area (Å²) in [6.45, 7) is 0.0868. The molecule has 38 heavy (non-hydrogen) atoms. The van der Waals surface area contributed by atoms with Gasteiger partial charge < -0.3 is 9.47 Å². The van der Waals surface area contributed by atoms with Gasteiger partial charge in [-0.3, -0.25) is 34.7 Å². The molecule has 0 aliphatic carbocycles. The van der Waals surface area contributed by atoms with Gasteiger partial charge in [0.1, 0.15) is 18.1 Å². The number of nitrogens with zero attached hydrogens (tertiary/aromatic N) is 3. The van der Waals surface area contributed by atoms with Gasteiger partial charge in [-0.1, -0.05) is 27.5 Å². The van der Waals surface area contributed by atoms with E-state index in [9.17, 15) is 29.8 Å². The Morgan fingerprint density at radius 2 is 1.68 bits per heavy atom. The fraction of sp³-hybridized carbons (Fsp3) is 0.0833. The number of carbonyl (C=O) groups is 2. The lowest BCUT2D eigenvalue weighted by molar-refractivity contribution is -0.394. The molecule has 1 aliphatic rings. The molecule has 0 spiro atoms. The van der Waals surface area contributed by atoms with Gasteiger partial charge in [-0.05, 0) is 66.4 Å². The first-order chi connectivity index (χ1) is 18.1. The minimum atomic E-state index is -0.793. The third-order valence-corrected chi connectivity index (χ3v) is 6.75. The number of amides is 2. The van der Waals surface area contributed by atoms with Crippen molar-refractivity contribution in [3.63, 3.8) is 0 Å². The van der Waals surface area contributed by atoms with Crippen molar-refractivity contribution in [3.05, 3.63) is 101 Å². The fourth-order valence-electron chi connectivity index (χ4n) is 3.31. The summed E-state index contributed by atoms with van der Waals surface area (Å²) in [5, 5.41) is 22.6. The summed E-state index contributed by atoms with van der Waals surface area (Å²) in [5.41, 5.74) is -0.724. The lowest BCUT2D eigenvalue weighted by Crippen LogP contribution is -2.32. The first-order valence-electron chi connectivity index (χ1n) is 10.7. The van der Waals surface area contributed by atoms with E-state index >= 15 is 0 Å². The van der Waals surface area contributed by atoms with Gasteiger partial charge in [0.2, 0.25) is 5.75 Å². The van der Waals surface area contributed by atoms with Crippen LogP contribution in [0, 0.1) is 20.2 Å². The molecule has 14 heteroatoms. The molecular weight excluding hydrogens is 606 g/mol. The summed E-state index contributed by atoms with van der Waals surface area (Å²) in [7, 11) is 0. The molecule has 1 aliphatic heterocycles. The lowest BCUT2D eigenvalue weighted by atomic mass is 10.1. The topological polar surface area (TPSA) is 142 Å². The maximum atomic E-state index is 12.9. The maximum Gasteiger partial charge on any atom is 0.318 e. The van der Waals surface area contributed by atoms with Crippen LogP contribution in [-0.4, -0.2) is 39.0 Å². The lowest BCUT2D eigenvalue weighted by Gasteiger charge is -2.13. The molecule has 1 heterocycles. The van der Waals surface area contributed by atoms with Crippen LogP contribution in [0.4, 0.5) is 16.2 Å². The quantitative estimate of drug-likeness (QED) is 0.143. The Balaban J connectivity index is 1.54. The van der Waals surface area contributed by atoms with E-state index in [0.29, 0.717) is 20.8 Å². The highest BCUT2D eigenvalue weighted by atomic mass is 79.9. The van der Waals surface area contributed by atoms with E-state index in [1.165, 1.54) is 12.1 Å². The normalized spacial score (nSPS) is 14.2. The van der Waals surface area contributed by atoms with Crippen LogP contribution in [0.1, 0.15) is 5.56 Å². The van der Waals surface area contributed by atoms with Gasteiger partial charge in [-0.15, -0.1) is 0 Å². The number of halogens is 2. The molecule has 0 unspecified atom stereocenters. The predicted molar refractivity (Wildman–Crippen MR) is 144 cm³/mol. The predicted octanol–water partition coefficient (Wildman–Crippen LogP) is 6.83. The zero-order valence-corrected chi connectivity index (χ0v) is 22.2. The van der Waals surface area contributed by atoms with Gasteiger partial charge in [0.25, 0.3) is 16.8 Å². The summed E-state index contributed by atoms with van der Waals surface area (Å²) in [4.78, 5) is 47.6. The minimum Gasteiger partial charge on any atom is -0.492 e. The first kappa shape index (κ1) is 27.1. The van der Waals surface area contributed by atoms with E-state index in [2.05, 4.69) is 15.9 Å². The number of ether oxygens (including phenoxy) is 2. The van der Waals surface area contributed by atoms with Crippen LogP contribution in [0.3, 0.4) is 0 Å². The number of rotatable bonds is 9. The van der Waals surface area contributed by atoms with Crippen molar-refractivity contribution in [3.8, 4) is 17.2 Å². The SMILES string of the molecule is O=C1S/C(=C\c2cc(Br)ccc2Oc2ccc([N+](=O)[O-])cc2[N+](=O)[O-])C(=O)N1CCOc1ccc(Cl)cc1. The van der Waals surface area contributed by atoms with Crippen molar-refractivity contribution in [2.45, 2.75) is 0 Å². The van der Waals surface area contributed by atoms with Crippen LogP contribution < -0.4 is 9.47 Å². The average Bonchev–Trinajstić information content (AvgIpc) is 3.14. The second-order valence-corrected chi connectivity index (χ2v) is 9.93. The summed E-state index contributed by atoms with van der Waals surface area (Å²) in [6, 6.07) is 14.4. The zero-order valence-electron chi connectivity index (χ0n) is 19.0. The van der Waals surface area contributed by atoms with Crippen LogP contribution in [0.2, 0.25) is 5.02 Å². The van der Waals surface area contributed by atoms with E-state index in [0.717, 1.165) is 34.9 Å². The molecule has 1 saturated heterocycles. The van der Waals surface area contributed by atoms with Gasteiger partial charge in [-0.2, -0.15) is 0 Å². The van der Waals surface area contributed by atoms with Crippen molar-refractivity contribution < 1.29 is 28.9 Å². The number of thioether (sulfide) groups is 1. The number of nitro groups is 2. The highest BCUT2D eigenvalue weighted by Crippen LogP contribution is 2.39. The van der Waals surface area contributed by atoms with Gasteiger partial charge in [0.15, 0.2) is 0 Å². The average molecular weight is 621 g/mol. The van der Waals surface area contributed by atoms with Gasteiger partial charge in [0, 0.05) is 21.1 Å². The van der Waals surface area contributed by atoms with Crippen molar-refractivity contribution in [1.82, 2.24) is 4.90 Å². The minimum absolute atomic E-state index is 0.0153. The summed E-state index contributed by atoms with van der Waals surface area (Å²) in [6.07, 6.45) is 1.43. The van der Waals surface area contributed by atoms with Crippen LogP contribution in [0.5, 0.6) is 17.2 Å². The maximum absolute atomic E-state index is 12.9. The molecule has 1 fully saturated rings. The molecule has 3 aromatic rings. The number of non-ortho nitro benzene ring substituents is 1. The van der Waals surface area contributed by atoms with E-state index in [1.54, 1.807) is 36.4 Å². The fourth-order valence-corrected chi connectivity index (χ4v) is 4.67. The van der Waals surface area contributed by atoms with Gasteiger partial charge in [0.05, 0.1) is 27.4 Å². The molecule has 0 bridgehead atoms. The van der Waals surface area contributed by atoms with Crippen molar-refractivity contribution in [1.29, 1.82) is 0 Å². The van der Waals surface area contributed by atoms with Gasteiger partial charge in [-0.25, -0.2) is 0 Å². The second-order valence-electron chi connectivity index (χ2n) is 7.59. The molecule has 194 valence electrons. The van der Waals surface area contributed by atoms with Crippen LogP contribution in [0.15, 0.2) is 70.0 Å². The van der Waals surface area contributed by atoms with Gasteiger partial charge >= 0.3 is 5.69 Å². The Bertz CT molecular complexity index is 1480. The van der Waals surface area contributed by atoms with Crippen molar-refractivity contribution >= 4 is 67.9 Å². The molecule has 0 radical (unpaired) electrons. The number of carbonyl (C=O) groups excluding carboxylic acids is 2. The standard InChI is InChI=1S/C24H15BrClN3O8S/c25-15-1-7-20(37-21-8-4-17(28(32)33)13-19(21)29(34)35)14(11-15)12-22-23(30)27(24(31)38-22)9-10-36-18-5-2-16(26)3-6-18/h1-8,11-13H,9-10H2/b22-12-. The van der Waals surface area contributed by atoms with E-state index < -0.39 is 32.4 Å². The van der Waals surface area contributed by atoms with Crippen molar-refractivity contribution in [2.24, 2.45) is 0 Å².